The first kappa shape index (κ1) is 26.1. The number of aryl methyl sites for hydroxylation is 1. The van der Waals surface area contributed by atoms with Crippen molar-refractivity contribution in [2.75, 3.05) is 20.3 Å². The fourth-order valence-electron chi connectivity index (χ4n) is 4.05. The molecular formula is C24H26F3N3O5S. The Morgan fingerprint density at radius 2 is 1.75 bits per heavy atom. The minimum absolute atomic E-state index is 0.0130. The van der Waals surface area contributed by atoms with Crippen molar-refractivity contribution in [1.82, 2.24) is 14.3 Å². The molecule has 2 aromatic carbocycles. The Balaban J connectivity index is 0.00000148. The van der Waals surface area contributed by atoms with Gasteiger partial charge in [-0.05, 0) is 49.5 Å². The van der Waals surface area contributed by atoms with Gasteiger partial charge in [-0.2, -0.15) is 13.2 Å². The number of nitrogens with zero attached hydrogens (tertiary/aromatic N) is 2. The van der Waals surface area contributed by atoms with Crippen molar-refractivity contribution in [3.63, 3.8) is 0 Å². The van der Waals surface area contributed by atoms with E-state index in [0.717, 1.165) is 12.1 Å². The van der Waals surface area contributed by atoms with E-state index in [4.69, 9.17) is 14.2 Å². The summed E-state index contributed by atoms with van der Waals surface area (Å²) in [5.41, 5.74) is -0.0302. The van der Waals surface area contributed by atoms with Crippen molar-refractivity contribution < 1.29 is 35.8 Å². The zero-order valence-corrected chi connectivity index (χ0v) is 20.7. The Labute approximate surface area is 207 Å². The van der Waals surface area contributed by atoms with E-state index in [1.807, 2.05) is 18.4 Å². The standard InChI is InChI=1S/C22H20F3N3O5S.C2H6/c1-26-34(29,30)16-6-7-19(33-15-4-2-14(3-5-15)22(23,24)25)17(12-16)18-13-28-9-8-21(20(28)27-18)31-10-11-32-21;1-2/h2-7,12-13,26H,8-11H2,1H3;1-2H3. The first-order chi connectivity index (χ1) is 17.1. The summed E-state index contributed by atoms with van der Waals surface area (Å²) < 4.78 is 85.1. The Hall–Kier alpha value is -2.93. The van der Waals surface area contributed by atoms with Gasteiger partial charge in [-0.15, -0.1) is 0 Å². The van der Waals surface area contributed by atoms with Crippen LogP contribution in [0.4, 0.5) is 13.2 Å². The monoisotopic (exact) mass is 525 g/mol. The van der Waals surface area contributed by atoms with Gasteiger partial charge in [0.25, 0.3) is 0 Å². The van der Waals surface area contributed by atoms with Crippen LogP contribution in [0.2, 0.25) is 0 Å². The number of aromatic nitrogens is 2. The Bertz CT molecular complexity index is 1330. The summed E-state index contributed by atoms with van der Waals surface area (Å²) in [6.45, 7) is 5.49. The molecule has 1 saturated heterocycles. The highest BCUT2D eigenvalue weighted by Crippen LogP contribution is 2.43. The number of benzene rings is 2. The number of rotatable bonds is 5. The van der Waals surface area contributed by atoms with Crippen LogP contribution in [0.15, 0.2) is 53.6 Å². The lowest BCUT2D eigenvalue weighted by Gasteiger charge is -2.19. The molecule has 0 aliphatic carbocycles. The van der Waals surface area contributed by atoms with Crippen molar-refractivity contribution in [3.8, 4) is 22.8 Å². The molecule has 0 amide bonds. The van der Waals surface area contributed by atoms with Gasteiger partial charge in [0.1, 0.15) is 11.5 Å². The molecule has 1 N–H and O–H groups in total. The average molecular weight is 526 g/mol. The number of ether oxygens (including phenoxy) is 3. The fourth-order valence-corrected chi connectivity index (χ4v) is 4.81. The summed E-state index contributed by atoms with van der Waals surface area (Å²) >= 11 is 0. The lowest BCUT2D eigenvalue weighted by atomic mass is 10.1. The Morgan fingerprint density at radius 1 is 1.08 bits per heavy atom. The predicted molar refractivity (Wildman–Crippen MR) is 125 cm³/mol. The van der Waals surface area contributed by atoms with E-state index in [2.05, 4.69) is 9.71 Å². The van der Waals surface area contributed by atoms with Gasteiger partial charge in [0.15, 0.2) is 5.82 Å². The second-order valence-corrected chi connectivity index (χ2v) is 9.72. The van der Waals surface area contributed by atoms with E-state index in [0.29, 0.717) is 43.3 Å². The number of halogens is 3. The van der Waals surface area contributed by atoms with Crippen LogP contribution in [0.5, 0.6) is 11.5 Å². The van der Waals surface area contributed by atoms with Gasteiger partial charge < -0.3 is 18.8 Å². The van der Waals surface area contributed by atoms with Crippen molar-refractivity contribution in [1.29, 1.82) is 0 Å². The molecule has 0 saturated carbocycles. The fraction of sp³-hybridized carbons (Fsp3) is 0.375. The Morgan fingerprint density at radius 3 is 2.36 bits per heavy atom. The zero-order valence-electron chi connectivity index (χ0n) is 19.9. The van der Waals surface area contributed by atoms with Crippen LogP contribution in [-0.2, 0) is 38.0 Å². The summed E-state index contributed by atoms with van der Waals surface area (Å²) in [5.74, 6) is 0.0295. The first-order valence-electron chi connectivity index (χ1n) is 11.4. The third-order valence-corrected chi connectivity index (χ3v) is 7.18. The first-order valence-corrected chi connectivity index (χ1v) is 12.9. The normalized spacial score (nSPS) is 16.5. The average Bonchev–Trinajstić information content (AvgIpc) is 3.59. The van der Waals surface area contributed by atoms with Crippen LogP contribution in [0, 0.1) is 0 Å². The third kappa shape index (κ3) is 4.85. The molecule has 0 radical (unpaired) electrons. The van der Waals surface area contributed by atoms with Crippen molar-refractivity contribution in [2.24, 2.45) is 0 Å². The molecule has 0 bridgehead atoms. The van der Waals surface area contributed by atoms with E-state index in [1.54, 1.807) is 6.20 Å². The molecule has 1 fully saturated rings. The molecule has 36 heavy (non-hydrogen) atoms. The quantitative estimate of drug-likeness (QED) is 0.510. The number of fused-ring (bicyclic) bond motifs is 2. The lowest BCUT2D eigenvalue weighted by Crippen LogP contribution is -2.24. The maximum atomic E-state index is 12.9. The number of imidazole rings is 1. The molecular weight excluding hydrogens is 499 g/mol. The minimum atomic E-state index is -4.47. The van der Waals surface area contributed by atoms with E-state index in [9.17, 15) is 21.6 Å². The third-order valence-electron chi connectivity index (χ3n) is 5.77. The van der Waals surface area contributed by atoms with E-state index < -0.39 is 27.6 Å². The second kappa shape index (κ2) is 9.85. The van der Waals surface area contributed by atoms with Gasteiger partial charge >= 0.3 is 6.18 Å². The van der Waals surface area contributed by atoms with Gasteiger partial charge in [-0.3, -0.25) is 0 Å². The maximum Gasteiger partial charge on any atom is 0.416 e. The predicted octanol–water partition coefficient (Wildman–Crippen LogP) is 4.90. The van der Waals surface area contributed by atoms with Gasteiger partial charge in [0.2, 0.25) is 15.8 Å². The highest BCUT2D eigenvalue weighted by Gasteiger charge is 2.47. The van der Waals surface area contributed by atoms with Crippen LogP contribution in [0.3, 0.4) is 0 Å². The van der Waals surface area contributed by atoms with E-state index in [-0.39, 0.29) is 16.4 Å². The zero-order chi connectivity index (χ0) is 26.1. The summed E-state index contributed by atoms with van der Waals surface area (Å²) in [4.78, 5) is 4.65. The molecule has 8 nitrogen and oxygen atoms in total. The summed E-state index contributed by atoms with van der Waals surface area (Å²) in [6.07, 6.45) is -2.11. The van der Waals surface area contributed by atoms with Crippen molar-refractivity contribution in [3.05, 3.63) is 60.0 Å². The maximum absolute atomic E-state index is 12.9. The molecule has 194 valence electrons. The van der Waals surface area contributed by atoms with Gasteiger partial charge in [-0.1, -0.05) is 13.8 Å². The molecule has 0 unspecified atom stereocenters. The minimum Gasteiger partial charge on any atom is -0.457 e. The summed E-state index contributed by atoms with van der Waals surface area (Å²) in [7, 11) is -2.47. The number of nitrogens with one attached hydrogen (secondary N) is 1. The molecule has 12 heteroatoms. The molecule has 2 aliphatic rings. The van der Waals surface area contributed by atoms with E-state index in [1.165, 1.54) is 37.4 Å². The summed E-state index contributed by atoms with van der Waals surface area (Å²) in [5, 5.41) is 0. The molecule has 3 heterocycles. The molecule has 3 aromatic rings. The van der Waals surface area contributed by atoms with Crippen LogP contribution in [0.25, 0.3) is 11.3 Å². The number of hydrogen-bond acceptors (Lipinski definition) is 6. The smallest absolute Gasteiger partial charge is 0.416 e. The van der Waals surface area contributed by atoms with Crippen LogP contribution < -0.4 is 9.46 Å². The largest absolute Gasteiger partial charge is 0.457 e. The van der Waals surface area contributed by atoms with Gasteiger partial charge in [-0.25, -0.2) is 18.1 Å². The highest BCUT2D eigenvalue weighted by atomic mass is 32.2. The molecule has 2 aliphatic heterocycles. The number of sulfonamides is 1. The van der Waals surface area contributed by atoms with Gasteiger partial charge in [0, 0.05) is 24.7 Å². The topological polar surface area (TPSA) is 91.7 Å². The molecule has 5 rings (SSSR count). The van der Waals surface area contributed by atoms with Crippen LogP contribution >= 0.6 is 0 Å². The van der Waals surface area contributed by atoms with Gasteiger partial charge in [0.05, 0.1) is 29.4 Å². The molecule has 1 spiro atoms. The van der Waals surface area contributed by atoms with Crippen LogP contribution in [-0.4, -0.2) is 38.2 Å². The Kier molecular flexibility index (Phi) is 7.15. The number of hydrogen-bond donors (Lipinski definition) is 1. The molecule has 0 atom stereocenters. The van der Waals surface area contributed by atoms with Crippen molar-refractivity contribution in [2.45, 2.75) is 43.7 Å². The van der Waals surface area contributed by atoms with E-state index >= 15 is 0 Å². The molecule has 1 aromatic heterocycles. The highest BCUT2D eigenvalue weighted by molar-refractivity contribution is 7.89. The van der Waals surface area contributed by atoms with Crippen LogP contribution in [0.1, 0.15) is 31.7 Å². The second-order valence-electron chi connectivity index (χ2n) is 7.83. The SMILES string of the molecule is CC.CNS(=O)(=O)c1ccc(Oc2ccc(C(F)(F)F)cc2)c(-c2cn3c(n2)C2(CC3)OCCO2)c1. The number of alkyl halides is 3. The summed E-state index contributed by atoms with van der Waals surface area (Å²) in [6, 6.07) is 8.44. The lowest BCUT2D eigenvalue weighted by molar-refractivity contribution is -0.166. The van der Waals surface area contributed by atoms with Crippen molar-refractivity contribution >= 4 is 10.0 Å².